The van der Waals surface area contributed by atoms with Crippen molar-refractivity contribution in [2.24, 2.45) is 0 Å². The SMILES string of the molecule is CCOc1ccccc1NC(=O)CN1C(=O)N[C@](C)(c2ccccc2Cl)C1=O. The molecule has 0 aromatic heterocycles. The number of carbonyl (C=O) groups is 3. The molecule has 146 valence electrons. The molecule has 0 radical (unpaired) electrons. The van der Waals surface area contributed by atoms with E-state index in [2.05, 4.69) is 10.6 Å². The maximum atomic E-state index is 12.9. The summed E-state index contributed by atoms with van der Waals surface area (Å²) in [6, 6.07) is 13.1. The molecular formula is C20H20ClN3O4. The van der Waals surface area contributed by atoms with Crippen LogP contribution in [0.4, 0.5) is 10.5 Å². The maximum Gasteiger partial charge on any atom is 0.325 e. The van der Waals surface area contributed by atoms with Crippen molar-refractivity contribution in [2.75, 3.05) is 18.5 Å². The number of imide groups is 1. The summed E-state index contributed by atoms with van der Waals surface area (Å²) in [7, 11) is 0. The van der Waals surface area contributed by atoms with Gasteiger partial charge in [0.15, 0.2) is 0 Å². The summed E-state index contributed by atoms with van der Waals surface area (Å²) in [5.41, 5.74) is -0.395. The highest BCUT2D eigenvalue weighted by Gasteiger charge is 2.50. The van der Waals surface area contributed by atoms with Gasteiger partial charge in [-0.2, -0.15) is 0 Å². The number of nitrogens with zero attached hydrogens (tertiary/aromatic N) is 1. The summed E-state index contributed by atoms with van der Waals surface area (Å²) >= 11 is 6.20. The highest BCUT2D eigenvalue weighted by Crippen LogP contribution is 2.33. The van der Waals surface area contributed by atoms with Crippen LogP contribution in [0.1, 0.15) is 19.4 Å². The molecule has 3 rings (SSSR count). The Hall–Kier alpha value is -3.06. The largest absolute Gasteiger partial charge is 0.492 e. The standard InChI is InChI=1S/C20H20ClN3O4/c1-3-28-16-11-7-6-10-15(16)22-17(25)12-24-18(26)20(2,23-19(24)27)13-8-4-5-9-14(13)21/h4-11H,3,12H2,1-2H3,(H,22,25)(H,23,27)/t20-/m1/s1. The second-order valence-electron chi connectivity index (χ2n) is 6.40. The number of nitrogens with one attached hydrogen (secondary N) is 2. The van der Waals surface area contributed by atoms with Crippen molar-refractivity contribution in [1.29, 1.82) is 0 Å². The van der Waals surface area contributed by atoms with Gasteiger partial charge in [0.1, 0.15) is 17.8 Å². The molecule has 1 atom stereocenters. The Balaban J connectivity index is 1.76. The van der Waals surface area contributed by atoms with E-state index in [0.29, 0.717) is 28.6 Å². The fourth-order valence-corrected chi connectivity index (χ4v) is 3.40. The highest BCUT2D eigenvalue weighted by molar-refractivity contribution is 6.32. The first-order valence-electron chi connectivity index (χ1n) is 8.77. The van der Waals surface area contributed by atoms with Crippen LogP contribution in [-0.4, -0.2) is 35.9 Å². The van der Waals surface area contributed by atoms with Crippen molar-refractivity contribution in [1.82, 2.24) is 10.2 Å². The molecule has 8 heteroatoms. The summed E-state index contributed by atoms with van der Waals surface area (Å²) < 4.78 is 5.46. The van der Waals surface area contributed by atoms with Gasteiger partial charge in [-0.1, -0.05) is 41.9 Å². The zero-order chi connectivity index (χ0) is 20.3. The number of benzene rings is 2. The van der Waals surface area contributed by atoms with E-state index in [1.54, 1.807) is 55.5 Å². The van der Waals surface area contributed by atoms with Crippen LogP contribution in [0.25, 0.3) is 0 Å². The van der Waals surface area contributed by atoms with Crippen LogP contribution in [0.3, 0.4) is 0 Å². The number of urea groups is 1. The Morgan fingerprint density at radius 3 is 2.57 bits per heavy atom. The van der Waals surface area contributed by atoms with Crippen LogP contribution in [0.5, 0.6) is 5.75 Å². The van der Waals surface area contributed by atoms with Gasteiger partial charge in [-0.3, -0.25) is 14.5 Å². The van der Waals surface area contributed by atoms with Crippen molar-refractivity contribution < 1.29 is 19.1 Å². The van der Waals surface area contributed by atoms with Gasteiger partial charge in [0.2, 0.25) is 5.91 Å². The van der Waals surface area contributed by atoms with Gasteiger partial charge in [-0.05, 0) is 32.0 Å². The summed E-state index contributed by atoms with van der Waals surface area (Å²) in [6.07, 6.45) is 0. The quantitative estimate of drug-likeness (QED) is 0.728. The number of carbonyl (C=O) groups excluding carboxylic acids is 3. The summed E-state index contributed by atoms with van der Waals surface area (Å²) in [4.78, 5) is 38.7. The molecule has 2 aromatic rings. The van der Waals surface area contributed by atoms with Gasteiger partial charge in [-0.25, -0.2) is 4.79 Å². The molecule has 0 bridgehead atoms. The summed E-state index contributed by atoms with van der Waals surface area (Å²) in [6.45, 7) is 3.42. The molecule has 2 N–H and O–H groups in total. The molecule has 1 aliphatic rings. The molecule has 0 aliphatic carbocycles. The Morgan fingerprint density at radius 2 is 1.86 bits per heavy atom. The lowest BCUT2D eigenvalue weighted by Gasteiger charge is -2.23. The van der Waals surface area contributed by atoms with Crippen molar-refractivity contribution in [2.45, 2.75) is 19.4 Å². The normalized spacial score (nSPS) is 18.8. The molecule has 0 spiro atoms. The minimum absolute atomic E-state index is 0.357. The van der Waals surface area contributed by atoms with Crippen LogP contribution in [0.2, 0.25) is 5.02 Å². The van der Waals surface area contributed by atoms with Crippen molar-refractivity contribution >= 4 is 35.1 Å². The predicted molar refractivity (Wildman–Crippen MR) is 105 cm³/mol. The number of hydrogen-bond donors (Lipinski definition) is 2. The lowest BCUT2D eigenvalue weighted by molar-refractivity contribution is -0.133. The smallest absolute Gasteiger partial charge is 0.325 e. The Morgan fingerprint density at radius 1 is 1.18 bits per heavy atom. The molecule has 0 unspecified atom stereocenters. The van der Waals surface area contributed by atoms with Crippen LogP contribution < -0.4 is 15.4 Å². The predicted octanol–water partition coefficient (Wildman–Crippen LogP) is 3.14. The summed E-state index contributed by atoms with van der Waals surface area (Å²) in [5, 5.41) is 5.67. The van der Waals surface area contributed by atoms with Crippen LogP contribution in [0, 0.1) is 0 Å². The lowest BCUT2D eigenvalue weighted by Crippen LogP contribution is -2.42. The number of rotatable bonds is 6. The fraction of sp³-hybridized carbons (Fsp3) is 0.250. The minimum Gasteiger partial charge on any atom is -0.492 e. The van der Waals surface area contributed by atoms with E-state index in [4.69, 9.17) is 16.3 Å². The number of para-hydroxylation sites is 2. The Bertz CT molecular complexity index is 933. The van der Waals surface area contributed by atoms with E-state index in [1.165, 1.54) is 0 Å². The maximum absolute atomic E-state index is 12.9. The van der Waals surface area contributed by atoms with Gasteiger partial charge in [0.25, 0.3) is 5.91 Å². The minimum atomic E-state index is -1.33. The van der Waals surface area contributed by atoms with Crippen LogP contribution in [0.15, 0.2) is 48.5 Å². The molecule has 28 heavy (non-hydrogen) atoms. The Kier molecular flexibility index (Phi) is 5.56. The average molecular weight is 402 g/mol. The molecule has 1 saturated heterocycles. The molecule has 2 aromatic carbocycles. The molecule has 7 nitrogen and oxygen atoms in total. The number of hydrogen-bond acceptors (Lipinski definition) is 4. The first-order chi connectivity index (χ1) is 13.4. The number of ether oxygens (including phenoxy) is 1. The van der Waals surface area contributed by atoms with Crippen molar-refractivity contribution in [3.63, 3.8) is 0 Å². The topological polar surface area (TPSA) is 87.7 Å². The number of amides is 4. The van der Waals surface area contributed by atoms with Gasteiger partial charge in [-0.15, -0.1) is 0 Å². The highest BCUT2D eigenvalue weighted by atomic mass is 35.5. The average Bonchev–Trinajstić information content (AvgIpc) is 2.88. The van der Waals surface area contributed by atoms with E-state index >= 15 is 0 Å². The second kappa shape index (κ2) is 7.90. The van der Waals surface area contributed by atoms with Gasteiger partial charge in [0.05, 0.1) is 12.3 Å². The van der Waals surface area contributed by atoms with Crippen molar-refractivity contribution in [3.8, 4) is 5.75 Å². The van der Waals surface area contributed by atoms with E-state index in [0.717, 1.165) is 4.90 Å². The molecular weight excluding hydrogens is 382 g/mol. The van der Waals surface area contributed by atoms with Crippen LogP contribution >= 0.6 is 11.6 Å². The molecule has 4 amide bonds. The first-order valence-corrected chi connectivity index (χ1v) is 9.15. The van der Waals surface area contributed by atoms with E-state index in [1.807, 2.05) is 6.92 Å². The third kappa shape index (κ3) is 3.66. The summed E-state index contributed by atoms with van der Waals surface area (Å²) in [5.74, 6) is -0.547. The number of anilines is 1. The molecule has 1 fully saturated rings. The zero-order valence-corrected chi connectivity index (χ0v) is 16.2. The lowest BCUT2D eigenvalue weighted by atomic mass is 9.92. The number of halogens is 1. The Labute approximate surface area is 167 Å². The third-order valence-corrected chi connectivity index (χ3v) is 4.78. The van der Waals surface area contributed by atoms with Gasteiger partial charge in [0, 0.05) is 10.6 Å². The van der Waals surface area contributed by atoms with E-state index < -0.39 is 29.9 Å². The zero-order valence-electron chi connectivity index (χ0n) is 15.5. The van der Waals surface area contributed by atoms with Crippen LogP contribution in [-0.2, 0) is 15.1 Å². The van der Waals surface area contributed by atoms with Gasteiger partial charge < -0.3 is 15.4 Å². The van der Waals surface area contributed by atoms with E-state index in [-0.39, 0.29) is 0 Å². The molecule has 1 aliphatic heterocycles. The van der Waals surface area contributed by atoms with E-state index in [9.17, 15) is 14.4 Å². The fourth-order valence-electron chi connectivity index (χ4n) is 3.07. The second-order valence-corrected chi connectivity index (χ2v) is 6.81. The van der Waals surface area contributed by atoms with Gasteiger partial charge >= 0.3 is 6.03 Å². The first kappa shape index (κ1) is 19.7. The monoisotopic (exact) mass is 401 g/mol. The third-order valence-electron chi connectivity index (χ3n) is 4.45. The van der Waals surface area contributed by atoms with Crippen molar-refractivity contribution in [3.05, 3.63) is 59.1 Å². The molecule has 1 heterocycles. The molecule has 0 saturated carbocycles.